The van der Waals surface area contributed by atoms with Gasteiger partial charge in [0.25, 0.3) is 0 Å². The summed E-state index contributed by atoms with van der Waals surface area (Å²) in [5, 5.41) is 0. The molecule has 1 aliphatic carbocycles. The van der Waals surface area contributed by atoms with Crippen molar-refractivity contribution in [2.45, 2.75) is 42.7 Å². The minimum atomic E-state index is -3.67. The van der Waals surface area contributed by atoms with Crippen molar-refractivity contribution in [1.29, 1.82) is 0 Å². The molecule has 0 bridgehead atoms. The van der Waals surface area contributed by atoms with Crippen LogP contribution in [0.25, 0.3) is 0 Å². The fourth-order valence-electron chi connectivity index (χ4n) is 3.23. The number of aromatic nitrogens is 2. The molecule has 158 valence electrons. The highest BCUT2D eigenvalue weighted by molar-refractivity contribution is 7.89. The van der Waals surface area contributed by atoms with E-state index in [4.69, 9.17) is 18.9 Å². The standard InChI is InChI=1S/C19H25N3O6S/c1-25-16-9-8-15(10-17(16)26-2)29(23,24)22-13-4-6-14(7-5-13)28-19-12-20-11-18(21-19)27-3/h8-14,22H,4-7H2,1-3H3. The van der Waals surface area contributed by atoms with Crippen molar-refractivity contribution in [3.05, 3.63) is 30.6 Å². The summed E-state index contributed by atoms with van der Waals surface area (Å²) >= 11 is 0. The molecule has 0 unspecified atom stereocenters. The van der Waals surface area contributed by atoms with Gasteiger partial charge in [-0.25, -0.2) is 13.1 Å². The fraction of sp³-hybridized carbons (Fsp3) is 0.474. The van der Waals surface area contributed by atoms with E-state index in [9.17, 15) is 8.42 Å². The van der Waals surface area contributed by atoms with Crippen LogP contribution in [-0.4, -0.2) is 51.9 Å². The summed E-state index contributed by atoms with van der Waals surface area (Å²) in [6.07, 6.45) is 5.73. The Labute approximate surface area is 170 Å². The minimum absolute atomic E-state index is 0.0433. The third kappa shape index (κ3) is 5.27. The van der Waals surface area contributed by atoms with Crippen molar-refractivity contribution in [3.8, 4) is 23.3 Å². The van der Waals surface area contributed by atoms with Crippen LogP contribution in [-0.2, 0) is 10.0 Å². The first-order valence-electron chi connectivity index (χ1n) is 9.22. The zero-order valence-corrected chi connectivity index (χ0v) is 17.4. The second-order valence-corrected chi connectivity index (χ2v) is 8.34. The smallest absolute Gasteiger partial charge is 0.240 e. The van der Waals surface area contributed by atoms with Gasteiger partial charge in [0.15, 0.2) is 11.5 Å². The van der Waals surface area contributed by atoms with Crippen LogP contribution in [0.3, 0.4) is 0 Å². The topological polar surface area (TPSA) is 109 Å². The second kappa shape index (κ2) is 9.27. The molecule has 3 rings (SSSR count). The van der Waals surface area contributed by atoms with E-state index in [1.165, 1.54) is 45.9 Å². The Morgan fingerprint density at radius 3 is 2.28 bits per heavy atom. The number of ether oxygens (including phenoxy) is 4. The molecule has 1 aromatic carbocycles. The van der Waals surface area contributed by atoms with E-state index in [1.54, 1.807) is 6.07 Å². The van der Waals surface area contributed by atoms with Crippen LogP contribution in [0.5, 0.6) is 23.3 Å². The molecular weight excluding hydrogens is 398 g/mol. The molecule has 1 fully saturated rings. The summed E-state index contributed by atoms with van der Waals surface area (Å²) in [7, 11) is 0.819. The van der Waals surface area contributed by atoms with Crippen molar-refractivity contribution in [2.75, 3.05) is 21.3 Å². The average molecular weight is 423 g/mol. The maximum Gasteiger partial charge on any atom is 0.240 e. The van der Waals surface area contributed by atoms with Crippen molar-refractivity contribution >= 4 is 10.0 Å². The van der Waals surface area contributed by atoms with Crippen LogP contribution in [0.2, 0.25) is 0 Å². The van der Waals surface area contributed by atoms with E-state index in [0.717, 1.165) is 0 Å². The quantitative estimate of drug-likeness (QED) is 0.688. The van der Waals surface area contributed by atoms with Crippen LogP contribution in [0.15, 0.2) is 35.5 Å². The summed E-state index contributed by atoms with van der Waals surface area (Å²) in [4.78, 5) is 8.35. The lowest BCUT2D eigenvalue weighted by Gasteiger charge is -2.29. The van der Waals surface area contributed by atoms with Gasteiger partial charge in [-0.15, -0.1) is 0 Å². The summed E-state index contributed by atoms with van der Waals surface area (Å²) in [6, 6.07) is 4.37. The third-order valence-electron chi connectivity index (χ3n) is 4.75. The van der Waals surface area contributed by atoms with Crippen LogP contribution in [0.4, 0.5) is 0 Å². The number of methoxy groups -OCH3 is 3. The second-order valence-electron chi connectivity index (χ2n) is 6.63. The van der Waals surface area contributed by atoms with Crippen LogP contribution < -0.4 is 23.7 Å². The number of hydrogen-bond donors (Lipinski definition) is 1. The molecular formula is C19H25N3O6S. The maximum absolute atomic E-state index is 12.7. The van der Waals surface area contributed by atoms with E-state index in [2.05, 4.69) is 14.7 Å². The van der Waals surface area contributed by atoms with Gasteiger partial charge in [-0.2, -0.15) is 4.98 Å². The van der Waals surface area contributed by atoms with Gasteiger partial charge >= 0.3 is 0 Å². The molecule has 0 aliphatic heterocycles. The summed E-state index contributed by atoms with van der Waals surface area (Å²) < 4.78 is 49.5. The Kier molecular flexibility index (Phi) is 6.75. The van der Waals surface area contributed by atoms with Crippen molar-refractivity contribution in [3.63, 3.8) is 0 Å². The van der Waals surface area contributed by atoms with Gasteiger partial charge in [0.2, 0.25) is 21.8 Å². The maximum atomic E-state index is 12.7. The molecule has 2 aromatic rings. The highest BCUT2D eigenvalue weighted by Crippen LogP contribution is 2.30. The SMILES string of the molecule is COc1cncc(OC2CCC(NS(=O)(=O)c3ccc(OC)c(OC)c3)CC2)n1. The zero-order chi connectivity index (χ0) is 20.9. The normalized spacial score (nSPS) is 19.4. The monoisotopic (exact) mass is 423 g/mol. The molecule has 10 heteroatoms. The lowest BCUT2D eigenvalue weighted by molar-refractivity contribution is 0.136. The van der Waals surface area contributed by atoms with Gasteiger partial charge in [0.1, 0.15) is 6.10 Å². The van der Waals surface area contributed by atoms with Gasteiger partial charge in [-0.05, 0) is 37.8 Å². The number of nitrogens with zero attached hydrogens (tertiary/aromatic N) is 2. The highest BCUT2D eigenvalue weighted by Gasteiger charge is 2.27. The summed E-state index contributed by atoms with van der Waals surface area (Å²) in [5.41, 5.74) is 0. The van der Waals surface area contributed by atoms with E-state index >= 15 is 0 Å². The van der Waals surface area contributed by atoms with Gasteiger partial charge in [-0.1, -0.05) is 0 Å². The predicted octanol–water partition coefficient (Wildman–Crippen LogP) is 2.17. The van der Waals surface area contributed by atoms with Gasteiger partial charge in [-0.3, -0.25) is 4.98 Å². The van der Waals surface area contributed by atoms with Crippen molar-refractivity contribution in [2.24, 2.45) is 0 Å². The van der Waals surface area contributed by atoms with Gasteiger partial charge in [0.05, 0.1) is 38.6 Å². The van der Waals surface area contributed by atoms with Gasteiger partial charge < -0.3 is 18.9 Å². The number of sulfonamides is 1. The molecule has 9 nitrogen and oxygen atoms in total. The Morgan fingerprint density at radius 2 is 1.62 bits per heavy atom. The van der Waals surface area contributed by atoms with Gasteiger partial charge in [0, 0.05) is 12.1 Å². The van der Waals surface area contributed by atoms with Crippen molar-refractivity contribution in [1.82, 2.24) is 14.7 Å². The lowest BCUT2D eigenvalue weighted by Crippen LogP contribution is -2.39. The number of hydrogen-bond acceptors (Lipinski definition) is 8. The molecule has 1 heterocycles. The molecule has 0 radical (unpaired) electrons. The number of nitrogens with one attached hydrogen (secondary N) is 1. The Bertz CT molecular complexity index is 929. The molecule has 0 saturated heterocycles. The summed E-state index contributed by atoms with van der Waals surface area (Å²) in [6.45, 7) is 0. The average Bonchev–Trinajstić information content (AvgIpc) is 2.74. The molecule has 0 atom stereocenters. The molecule has 0 amide bonds. The third-order valence-corrected chi connectivity index (χ3v) is 6.27. The summed E-state index contributed by atoms with van der Waals surface area (Å²) in [5.74, 6) is 1.63. The minimum Gasteiger partial charge on any atom is -0.493 e. The Balaban J connectivity index is 1.58. The lowest BCUT2D eigenvalue weighted by atomic mass is 9.94. The number of benzene rings is 1. The van der Waals surface area contributed by atoms with E-state index < -0.39 is 10.0 Å². The molecule has 1 aromatic heterocycles. The zero-order valence-electron chi connectivity index (χ0n) is 16.6. The van der Waals surface area contributed by atoms with Crippen molar-refractivity contribution < 1.29 is 27.4 Å². The van der Waals surface area contributed by atoms with Crippen LogP contribution in [0, 0.1) is 0 Å². The first kappa shape index (κ1) is 21.1. The fourth-order valence-corrected chi connectivity index (χ4v) is 4.55. The first-order chi connectivity index (χ1) is 13.9. The van der Waals surface area contributed by atoms with Crippen LogP contribution in [0.1, 0.15) is 25.7 Å². The van der Waals surface area contributed by atoms with E-state index in [-0.39, 0.29) is 17.0 Å². The molecule has 0 spiro atoms. The molecule has 29 heavy (non-hydrogen) atoms. The molecule has 1 N–H and O–H groups in total. The Hall–Kier alpha value is -2.59. The highest BCUT2D eigenvalue weighted by atomic mass is 32.2. The predicted molar refractivity (Wildman–Crippen MR) is 105 cm³/mol. The number of rotatable bonds is 8. The molecule has 1 saturated carbocycles. The van der Waals surface area contributed by atoms with Crippen LogP contribution >= 0.6 is 0 Å². The molecule has 1 aliphatic rings. The van der Waals surface area contributed by atoms with E-state index in [1.807, 2.05) is 0 Å². The largest absolute Gasteiger partial charge is 0.493 e. The Morgan fingerprint density at radius 1 is 0.931 bits per heavy atom. The first-order valence-corrected chi connectivity index (χ1v) is 10.7. The van der Waals surface area contributed by atoms with E-state index in [0.29, 0.717) is 48.9 Å².